The van der Waals surface area contributed by atoms with Crippen molar-refractivity contribution in [3.63, 3.8) is 0 Å². The number of amides is 1. The molecule has 2 heterocycles. The van der Waals surface area contributed by atoms with Gasteiger partial charge in [-0.2, -0.15) is 0 Å². The molecule has 0 unspecified atom stereocenters. The predicted octanol–water partition coefficient (Wildman–Crippen LogP) is 1.16. The van der Waals surface area contributed by atoms with Crippen LogP contribution >= 0.6 is 0 Å². The van der Waals surface area contributed by atoms with Crippen LogP contribution in [-0.4, -0.2) is 45.5 Å². The molecule has 0 saturated heterocycles. The van der Waals surface area contributed by atoms with Crippen molar-refractivity contribution in [3.05, 3.63) is 35.7 Å². The Hall–Kier alpha value is -2.77. The Balaban J connectivity index is 1.81. The standard InChI is InChI=1S/C15H21N7O/c1-4-16-13-7-14(22-11(3)21-13)17-5-6-18-15(23)12-9-19-10(2)8-20-12/h7-9H,4-6H2,1-3H3,(H,18,23)(H2,16,17,21,22). The molecule has 0 spiro atoms. The third-order valence-electron chi connectivity index (χ3n) is 2.93. The average Bonchev–Trinajstić information content (AvgIpc) is 2.52. The van der Waals surface area contributed by atoms with Crippen molar-refractivity contribution in [1.82, 2.24) is 25.3 Å². The van der Waals surface area contributed by atoms with Crippen LogP contribution in [0.3, 0.4) is 0 Å². The minimum absolute atomic E-state index is 0.244. The molecule has 8 nitrogen and oxygen atoms in total. The van der Waals surface area contributed by atoms with Gasteiger partial charge >= 0.3 is 0 Å². The first-order chi connectivity index (χ1) is 11.1. The van der Waals surface area contributed by atoms with Gasteiger partial charge in [0.05, 0.1) is 11.9 Å². The molecule has 0 saturated carbocycles. The highest BCUT2D eigenvalue weighted by Gasteiger charge is 2.06. The van der Waals surface area contributed by atoms with Gasteiger partial charge in [0.2, 0.25) is 0 Å². The fourth-order valence-electron chi connectivity index (χ4n) is 1.90. The molecule has 0 aliphatic carbocycles. The van der Waals surface area contributed by atoms with Crippen LogP contribution in [0.1, 0.15) is 28.9 Å². The van der Waals surface area contributed by atoms with Gasteiger partial charge in [-0.15, -0.1) is 0 Å². The van der Waals surface area contributed by atoms with E-state index in [1.54, 1.807) is 6.20 Å². The molecule has 2 aromatic heterocycles. The number of aryl methyl sites for hydroxylation is 2. The van der Waals surface area contributed by atoms with E-state index in [0.717, 1.165) is 23.9 Å². The monoisotopic (exact) mass is 315 g/mol. The van der Waals surface area contributed by atoms with Crippen molar-refractivity contribution in [2.24, 2.45) is 0 Å². The van der Waals surface area contributed by atoms with Gasteiger partial charge in [-0.1, -0.05) is 0 Å². The number of hydrogen-bond acceptors (Lipinski definition) is 7. The van der Waals surface area contributed by atoms with E-state index < -0.39 is 0 Å². The van der Waals surface area contributed by atoms with E-state index in [0.29, 0.717) is 24.6 Å². The second-order valence-electron chi connectivity index (χ2n) is 4.94. The normalized spacial score (nSPS) is 10.2. The van der Waals surface area contributed by atoms with Crippen LogP contribution < -0.4 is 16.0 Å². The Bertz CT molecular complexity index is 657. The molecule has 2 aromatic rings. The molecule has 0 radical (unpaired) electrons. The lowest BCUT2D eigenvalue weighted by Gasteiger charge is -2.09. The number of nitrogens with one attached hydrogen (secondary N) is 3. The topological polar surface area (TPSA) is 105 Å². The van der Waals surface area contributed by atoms with Gasteiger partial charge < -0.3 is 16.0 Å². The second-order valence-corrected chi connectivity index (χ2v) is 4.94. The number of carbonyl (C=O) groups excluding carboxylic acids is 1. The van der Waals surface area contributed by atoms with Gasteiger partial charge in [-0.3, -0.25) is 9.78 Å². The van der Waals surface area contributed by atoms with Crippen molar-refractivity contribution in [2.45, 2.75) is 20.8 Å². The lowest BCUT2D eigenvalue weighted by Crippen LogP contribution is -2.29. The lowest BCUT2D eigenvalue weighted by atomic mass is 10.4. The van der Waals surface area contributed by atoms with Crippen LogP contribution in [0.15, 0.2) is 18.5 Å². The number of anilines is 2. The number of carbonyl (C=O) groups is 1. The van der Waals surface area contributed by atoms with Crippen molar-refractivity contribution in [3.8, 4) is 0 Å². The first-order valence-corrected chi connectivity index (χ1v) is 7.48. The smallest absolute Gasteiger partial charge is 0.271 e. The third-order valence-corrected chi connectivity index (χ3v) is 2.93. The molecule has 3 N–H and O–H groups in total. The van der Waals surface area contributed by atoms with E-state index in [1.807, 2.05) is 26.8 Å². The third kappa shape index (κ3) is 5.17. The molecule has 0 fully saturated rings. The van der Waals surface area contributed by atoms with Crippen LogP contribution in [0.25, 0.3) is 0 Å². The first-order valence-electron chi connectivity index (χ1n) is 7.48. The maximum atomic E-state index is 11.9. The van der Waals surface area contributed by atoms with Gasteiger partial charge in [0.25, 0.3) is 5.91 Å². The van der Waals surface area contributed by atoms with Gasteiger partial charge in [0.1, 0.15) is 23.2 Å². The van der Waals surface area contributed by atoms with Crippen molar-refractivity contribution < 1.29 is 4.79 Å². The molecule has 122 valence electrons. The summed E-state index contributed by atoms with van der Waals surface area (Å²) in [5.74, 6) is 1.94. The van der Waals surface area contributed by atoms with Crippen molar-refractivity contribution in [2.75, 3.05) is 30.3 Å². The summed E-state index contributed by atoms with van der Waals surface area (Å²) in [7, 11) is 0. The number of aromatic nitrogens is 4. The molecule has 0 atom stereocenters. The van der Waals surface area contributed by atoms with E-state index >= 15 is 0 Å². The summed E-state index contributed by atoms with van der Waals surface area (Å²) in [6.45, 7) is 7.46. The quantitative estimate of drug-likeness (QED) is 0.658. The predicted molar refractivity (Wildman–Crippen MR) is 88.5 cm³/mol. The molecule has 1 amide bonds. The summed E-state index contributed by atoms with van der Waals surface area (Å²) in [5.41, 5.74) is 1.08. The number of hydrogen-bond donors (Lipinski definition) is 3. The van der Waals surface area contributed by atoms with Crippen LogP contribution in [0, 0.1) is 13.8 Å². The molecule has 0 bridgehead atoms. The van der Waals surface area contributed by atoms with Gasteiger partial charge in [-0.05, 0) is 20.8 Å². The summed E-state index contributed by atoms with van der Waals surface area (Å²) < 4.78 is 0. The molecular weight excluding hydrogens is 294 g/mol. The summed E-state index contributed by atoms with van der Waals surface area (Å²) >= 11 is 0. The van der Waals surface area contributed by atoms with Gasteiger partial charge in [0.15, 0.2) is 0 Å². The summed E-state index contributed by atoms with van der Waals surface area (Å²) in [4.78, 5) is 28.6. The number of rotatable bonds is 7. The minimum Gasteiger partial charge on any atom is -0.370 e. The average molecular weight is 315 g/mol. The Kier molecular flexibility index (Phi) is 5.79. The van der Waals surface area contributed by atoms with E-state index in [-0.39, 0.29) is 5.91 Å². The van der Waals surface area contributed by atoms with Gasteiger partial charge in [-0.25, -0.2) is 15.0 Å². The van der Waals surface area contributed by atoms with Crippen molar-refractivity contribution >= 4 is 17.5 Å². The summed E-state index contributed by atoms with van der Waals surface area (Å²) in [6.07, 6.45) is 3.04. The van der Waals surface area contributed by atoms with Crippen LogP contribution in [0.4, 0.5) is 11.6 Å². The first kappa shape index (κ1) is 16.6. The fraction of sp³-hybridized carbons (Fsp3) is 0.400. The molecule has 23 heavy (non-hydrogen) atoms. The Labute approximate surface area is 135 Å². The summed E-state index contributed by atoms with van der Waals surface area (Å²) in [5, 5.41) is 9.09. The highest BCUT2D eigenvalue weighted by Crippen LogP contribution is 2.10. The fourth-order valence-corrected chi connectivity index (χ4v) is 1.90. The van der Waals surface area contributed by atoms with E-state index in [4.69, 9.17) is 0 Å². The zero-order valence-corrected chi connectivity index (χ0v) is 13.6. The second kappa shape index (κ2) is 8.02. The molecule has 8 heteroatoms. The zero-order valence-electron chi connectivity index (χ0n) is 13.6. The summed E-state index contributed by atoms with van der Waals surface area (Å²) in [6, 6.07) is 1.84. The highest BCUT2D eigenvalue weighted by atomic mass is 16.1. The van der Waals surface area contributed by atoms with Crippen LogP contribution in [-0.2, 0) is 0 Å². The Morgan fingerprint density at radius 3 is 2.43 bits per heavy atom. The molecular formula is C15H21N7O. The minimum atomic E-state index is -0.244. The molecule has 0 aromatic carbocycles. The maximum Gasteiger partial charge on any atom is 0.271 e. The zero-order chi connectivity index (χ0) is 16.7. The number of nitrogens with zero attached hydrogens (tertiary/aromatic N) is 4. The Morgan fingerprint density at radius 2 is 1.78 bits per heavy atom. The molecule has 0 aliphatic rings. The largest absolute Gasteiger partial charge is 0.370 e. The van der Waals surface area contributed by atoms with Crippen molar-refractivity contribution in [1.29, 1.82) is 0 Å². The SMILES string of the molecule is CCNc1cc(NCCNC(=O)c2cnc(C)cn2)nc(C)n1. The highest BCUT2D eigenvalue weighted by molar-refractivity contribution is 5.91. The van der Waals surface area contributed by atoms with E-state index in [1.165, 1.54) is 6.20 Å². The van der Waals surface area contributed by atoms with Gasteiger partial charge in [0, 0.05) is 31.9 Å². The van der Waals surface area contributed by atoms with E-state index in [2.05, 4.69) is 35.9 Å². The maximum absolute atomic E-state index is 11.9. The Morgan fingerprint density at radius 1 is 1.04 bits per heavy atom. The van der Waals surface area contributed by atoms with Crippen LogP contribution in [0.2, 0.25) is 0 Å². The molecule has 2 rings (SSSR count). The molecule has 0 aliphatic heterocycles. The lowest BCUT2D eigenvalue weighted by molar-refractivity contribution is 0.0950. The van der Waals surface area contributed by atoms with Crippen LogP contribution in [0.5, 0.6) is 0 Å². The van der Waals surface area contributed by atoms with E-state index in [9.17, 15) is 4.79 Å².